The molecule has 13 heavy (non-hydrogen) atoms. The first kappa shape index (κ1) is 9.58. The summed E-state index contributed by atoms with van der Waals surface area (Å²) in [5.41, 5.74) is 7.27. The van der Waals surface area contributed by atoms with Crippen LogP contribution in [-0.2, 0) is 0 Å². The van der Waals surface area contributed by atoms with Gasteiger partial charge >= 0.3 is 6.03 Å². The summed E-state index contributed by atoms with van der Waals surface area (Å²) in [4.78, 5) is 10.6. The lowest BCUT2D eigenvalue weighted by molar-refractivity contribution is 0.246. The zero-order valence-electron chi connectivity index (χ0n) is 7.87. The molecule has 1 aromatic rings. The Labute approximate surface area is 77.9 Å². The van der Waals surface area contributed by atoms with Crippen LogP contribution in [-0.4, -0.2) is 6.03 Å². The van der Waals surface area contributed by atoms with Crippen LogP contribution < -0.4 is 11.1 Å². The van der Waals surface area contributed by atoms with Crippen LogP contribution in [0.25, 0.3) is 0 Å². The molecule has 3 nitrogen and oxygen atoms in total. The predicted molar refractivity (Wildman–Crippen MR) is 52.3 cm³/mol. The number of hydrogen-bond acceptors (Lipinski definition) is 1. The van der Waals surface area contributed by atoms with Gasteiger partial charge in [-0.15, -0.1) is 0 Å². The van der Waals surface area contributed by atoms with Crippen LogP contribution in [0.3, 0.4) is 0 Å². The number of carbonyl (C=O) groups is 1. The average molecular weight is 178 g/mol. The summed E-state index contributed by atoms with van der Waals surface area (Å²) in [7, 11) is 0. The number of carbonyl (C=O) groups excluding carboxylic acids is 1. The molecule has 0 aliphatic rings. The Morgan fingerprint density at radius 3 is 2.38 bits per heavy atom. The van der Waals surface area contributed by atoms with Gasteiger partial charge in [0.2, 0.25) is 0 Å². The lowest BCUT2D eigenvalue weighted by atomic mass is 10.1. The Hall–Kier alpha value is -1.51. The maximum atomic E-state index is 10.6. The fourth-order valence-corrected chi connectivity index (χ4v) is 1.15. The number of benzene rings is 1. The summed E-state index contributed by atoms with van der Waals surface area (Å²) in [6.45, 7) is 3.92. The van der Waals surface area contributed by atoms with Crippen LogP contribution in [0.15, 0.2) is 24.3 Å². The highest BCUT2D eigenvalue weighted by atomic mass is 16.2. The molecule has 0 aliphatic heterocycles. The van der Waals surface area contributed by atoms with Gasteiger partial charge < -0.3 is 11.1 Å². The van der Waals surface area contributed by atoms with E-state index in [0.29, 0.717) is 0 Å². The van der Waals surface area contributed by atoms with Crippen molar-refractivity contribution in [1.82, 2.24) is 5.32 Å². The Bertz CT molecular complexity index is 292. The van der Waals surface area contributed by atoms with Gasteiger partial charge in [0.25, 0.3) is 0 Å². The van der Waals surface area contributed by atoms with Gasteiger partial charge in [-0.3, -0.25) is 0 Å². The van der Waals surface area contributed by atoms with Crippen LogP contribution in [0, 0.1) is 6.92 Å². The first-order valence-corrected chi connectivity index (χ1v) is 4.22. The van der Waals surface area contributed by atoms with E-state index in [-0.39, 0.29) is 6.04 Å². The largest absolute Gasteiger partial charge is 0.352 e. The minimum absolute atomic E-state index is 0.0295. The molecule has 1 atom stereocenters. The fraction of sp³-hybridized carbons (Fsp3) is 0.300. The van der Waals surface area contributed by atoms with E-state index in [2.05, 4.69) is 5.32 Å². The third-order valence-electron chi connectivity index (χ3n) is 1.94. The number of amides is 2. The fourth-order valence-electron chi connectivity index (χ4n) is 1.15. The van der Waals surface area contributed by atoms with Crippen molar-refractivity contribution >= 4 is 6.03 Å². The van der Waals surface area contributed by atoms with Crippen LogP contribution in [0.4, 0.5) is 4.79 Å². The van der Waals surface area contributed by atoms with Gasteiger partial charge in [-0.2, -0.15) is 0 Å². The monoisotopic (exact) mass is 178 g/mol. The van der Waals surface area contributed by atoms with Gasteiger partial charge in [-0.05, 0) is 19.4 Å². The number of hydrogen-bond donors (Lipinski definition) is 2. The van der Waals surface area contributed by atoms with Crippen LogP contribution in [0.5, 0.6) is 0 Å². The van der Waals surface area contributed by atoms with Crippen molar-refractivity contribution in [2.75, 3.05) is 0 Å². The highest BCUT2D eigenvalue weighted by Crippen LogP contribution is 2.12. The van der Waals surface area contributed by atoms with Crippen molar-refractivity contribution in [3.05, 3.63) is 35.4 Å². The van der Waals surface area contributed by atoms with Crippen LogP contribution in [0.2, 0.25) is 0 Å². The van der Waals surface area contributed by atoms with E-state index in [1.165, 1.54) is 5.56 Å². The Balaban J connectivity index is 2.71. The van der Waals surface area contributed by atoms with Crippen molar-refractivity contribution in [2.24, 2.45) is 5.73 Å². The molecule has 3 N–H and O–H groups in total. The van der Waals surface area contributed by atoms with Crippen molar-refractivity contribution in [3.63, 3.8) is 0 Å². The van der Waals surface area contributed by atoms with E-state index >= 15 is 0 Å². The van der Waals surface area contributed by atoms with Crippen LogP contribution in [0.1, 0.15) is 24.1 Å². The lowest BCUT2D eigenvalue weighted by Gasteiger charge is -2.12. The summed E-state index contributed by atoms with van der Waals surface area (Å²) in [5.74, 6) is 0. The molecule has 0 fully saturated rings. The minimum atomic E-state index is -0.493. The Morgan fingerprint density at radius 1 is 1.38 bits per heavy atom. The molecule has 1 aromatic carbocycles. The van der Waals surface area contributed by atoms with Crippen LogP contribution >= 0.6 is 0 Å². The van der Waals surface area contributed by atoms with Gasteiger partial charge in [-0.1, -0.05) is 29.8 Å². The molecule has 0 saturated heterocycles. The number of urea groups is 1. The molecule has 1 unspecified atom stereocenters. The quantitative estimate of drug-likeness (QED) is 0.711. The second-order valence-corrected chi connectivity index (χ2v) is 3.14. The maximum Gasteiger partial charge on any atom is 0.312 e. The first-order chi connectivity index (χ1) is 6.09. The van der Waals surface area contributed by atoms with E-state index in [1.54, 1.807) is 0 Å². The smallest absolute Gasteiger partial charge is 0.312 e. The Kier molecular flexibility index (Phi) is 2.90. The summed E-state index contributed by atoms with van der Waals surface area (Å²) < 4.78 is 0. The van der Waals surface area contributed by atoms with Crippen molar-refractivity contribution in [3.8, 4) is 0 Å². The molecule has 0 aliphatic carbocycles. The molecular formula is C10H14N2O. The molecule has 0 saturated carbocycles. The lowest BCUT2D eigenvalue weighted by Crippen LogP contribution is -2.31. The molecule has 0 heterocycles. The standard InChI is InChI=1S/C10H14N2O/c1-7-3-5-9(6-4-7)8(2)12-10(11)13/h3-6,8H,1-2H3,(H3,11,12,13). The normalized spacial score (nSPS) is 12.2. The van der Waals surface area contributed by atoms with E-state index in [9.17, 15) is 4.79 Å². The number of primary amides is 1. The molecule has 3 heteroatoms. The summed E-state index contributed by atoms with van der Waals surface area (Å²) in [6, 6.07) is 7.46. The van der Waals surface area contributed by atoms with Gasteiger partial charge in [0.05, 0.1) is 6.04 Å². The minimum Gasteiger partial charge on any atom is -0.352 e. The second kappa shape index (κ2) is 3.94. The zero-order valence-corrected chi connectivity index (χ0v) is 7.87. The zero-order chi connectivity index (χ0) is 9.84. The van der Waals surface area contributed by atoms with E-state index < -0.39 is 6.03 Å². The molecule has 2 amide bonds. The van der Waals surface area contributed by atoms with E-state index in [4.69, 9.17) is 5.73 Å². The number of nitrogens with one attached hydrogen (secondary N) is 1. The molecular weight excluding hydrogens is 164 g/mol. The highest BCUT2D eigenvalue weighted by Gasteiger charge is 2.05. The van der Waals surface area contributed by atoms with E-state index in [0.717, 1.165) is 5.56 Å². The molecule has 70 valence electrons. The third-order valence-corrected chi connectivity index (χ3v) is 1.94. The molecule has 0 spiro atoms. The average Bonchev–Trinajstić information content (AvgIpc) is 2.04. The summed E-state index contributed by atoms with van der Waals surface area (Å²) in [6.07, 6.45) is 0. The SMILES string of the molecule is Cc1ccc(C(C)NC(N)=O)cc1. The summed E-state index contributed by atoms with van der Waals surface area (Å²) >= 11 is 0. The van der Waals surface area contributed by atoms with Gasteiger partial charge in [0, 0.05) is 0 Å². The Morgan fingerprint density at radius 2 is 1.92 bits per heavy atom. The maximum absolute atomic E-state index is 10.6. The molecule has 0 radical (unpaired) electrons. The number of rotatable bonds is 2. The second-order valence-electron chi connectivity index (χ2n) is 3.14. The molecule has 1 rings (SSSR count). The molecule has 0 aromatic heterocycles. The summed E-state index contributed by atoms with van der Waals surface area (Å²) in [5, 5.41) is 2.62. The number of aryl methyl sites for hydroxylation is 1. The third kappa shape index (κ3) is 2.78. The van der Waals surface area contributed by atoms with Gasteiger partial charge in [0.15, 0.2) is 0 Å². The van der Waals surface area contributed by atoms with E-state index in [1.807, 2.05) is 38.1 Å². The number of nitrogens with two attached hydrogens (primary N) is 1. The van der Waals surface area contributed by atoms with Gasteiger partial charge in [0.1, 0.15) is 0 Å². The van der Waals surface area contributed by atoms with Crippen molar-refractivity contribution < 1.29 is 4.79 Å². The van der Waals surface area contributed by atoms with Crippen molar-refractivity contribution in [1.29, 1.82) is 0 Å². The van der Waals surface area contributed by atoms with Crippen molar-refractivity contribution in [2.45, 2.75) is 19.9 Å². The van der Waals surface area contributed by atoms with Gasteiger partial charge in [-0.25, -0.2) is 4.79 Å². The highest BCUT2D eigenvalue weighted by molar-refractivity contribution is 5.72. The first-order valence-electron chi connectivity index (χ1n) is 4.22. The molecule has 0 bridgehead atoms. The predicted octanol–water partition coefficient (Wildman–Crippen LogP) is 1.72. The topological polar surface area (TPSA) is 55.1 Å².